The molecule has 5 rings (SSSR count). The summed E-state index contributed by atoms with van der Waals surface area (Å²) in [5.74, 6) is 2.25. The maximum Gasteiger partial charge on any atom is 0.127 e. The Labute approximate surface area is 172 Å². The first-order chi connectivity index (χ1) is 14.3. The molecule has 1 aliphatic carbocycles. The quantitative estimate of drug-likeness (QED) is 0.673. The van der Waals surface area contributed by atoms with Crippen LogP contribution in [0.1, 0.15) is 37.8 Å². The van der Waals surface area contributed by atoms with E-state index < -0.39 is 0 Å². The van der Waals surface area contributed by atoms with E-state index in [2.05, 4.69) is 74.0 Å². The molecule has 2 aromatic heterocycles. The molecule has 6 heteroatoms. The zero-order chi connectivity index (χ0) is 19.7. The number of rotatable bonds is 7. The fourth-order valence-electron chi connectivity index (χ4n) is 5.00. The molecule has 1 spiro atoms. The second kappa shape index (κ2) is 7.76. The van der Waals surface area contributed by atoms with E-state index in [4.69, 9.17) is 4.98 Å². The molecule has 2 fully saturated rings. The first kappa shape index (κ1) is 18.6. The van der Waals surface area contributed by atoms with E-state index in [9.17, 15) is 0 Å². The van der Waals surface area contributed by atoms with E-state index in [1.807, 2.05) is 12.4 Å². The maximum absolute atomic E-state index is 4.73. The Kier molecular flexibility index (Phi) is 4.97. The van der Waals surface area contributed by atoms with Crippen LogP contribution in [0.5, 0.6) is 0 Å². The highest BCUT2D eigenvalue weighted by Crippen LogP contribution is 2.56. The number of piperidine rings is 1. The van der Waals surface area contributed by atoms with Crippen molar-refractivity contribution in [3.8, 4) is 5.69 Å². The number of hydrogen-bond acceptors (Lipinski definition) is 4. The summed E-state index contributed by atoms with van der Waals surface area (Å²) in [6.07, 6.45) is 11.9. The van der Waals surface area contributed by atoms with Crippen LogP contribution in [-0.4, -0.2) is 43.1 Å². The van der Waals surface area contributed by atoms with Crippen LogP contribution >= 0.6 is 0 Å². The summed E-state index contributed by atoms with van der Waals surface area (Å²) in [4.78, 5) is 12.0. The van der Waals surface area contributed by atoms with Crippen molar-refractivity contribution in [2.45, 2.75) is 51.9 Å². The van der Waals surface area contributed by atoms with Crippen molar-refractivity contribution in [1.29, 1.82) is 0 Å². The van der Waals surface area contributed by atoms with Gasteiger partial charge in [0.25, 0.3) is 0 Å². The van der Waals surface area contributed by atoms with Crippen LogP contribution < -0.4 is 5.32 Å². The molecule has 29 heavy (non-hydrogen) atoms. The second-order valence-corrected chi connectivity index (χ2v) is 8.42. The molecule has 1 aliphatic heterocycles. The van der Waals surface area contributed by atoms with Crippen LogP contribution in [0, 0.1) is 5.41 Å². The number of nitrogens with one attached hydrogen (secondary N) is 1. The van der Waals surface area contributed by atoms with Crippen molar-refractivity contribution in [3.05, 3.63) is 66.8 Å². The lowest BCUT2D eigenvalue weighted by molar-refractivity contribution is 0.178. The maximum atomic E-state index is 4.73. The van der Waals surface area contributed by atoms with E-state index >= 15 is 0 Å². The Morgan fingerprint density at radius 1 is 1.03 bits per heavy atom. The number of aromatic nitrogens is 4. The zero-order valence-electron chi connectivity index (χ0n) is 17.2. The minimum Gasteiger partial charge on any atom is -0.334 e. The van der Waals surface area contributed by atoms with Crippen molar-refractivity contribution in [2.24, 2.45) is 5.41 Å². The summed E-state index contributed by atoms with van der Waals surface area (Å²) in [5.41, 5.74) is 1.65. The molecular formula is C23H30N6. The normalized spacial score (nSPS) is 20.4. The van der Waals surface area contributed by atoms with E-state index in [1.54, 1.807) is 0 Å². The van der Waals surface area contributed by atoms with Gasteiger partial charge in [0, 0.05) is 43.1 Å². The predicted octanol–water partition coefficient (Wildman–Crippen LogP) is 3.23. The highest BCUT2D eigenvalue weighted by atomic mass is 15.3. The van der Waals surface area contributed by atoms with Crippen molar-refractivity contribution >= 4 is 0 Å². The molecule has 2 aliphatic rings. The number of benzene rings is 1. The topological polar surface area (TPSA) is 50.9 Å². The summed E-state index contributed by atoms with van der Waals surface area (Å²) < 4.78 is 4.48. The van der Waals surface area contributed by atoms with Crippen molar-refractivity contribution < 1.29 is 0 Å². The van der Waals surface area contributed by atoms with Crippen LogP contribution in [-0.2, 0) is 19.6 Å². The Bertz CT molecular complexity index is 937. The van der Waals surface area contributed by atoms with Gasteiger partial charge in [0.1, 0.15) is 11.6 Å². The van der Waals surface area contributed by atoms with Gasteiger partial charge in [0.05, 0.1) is 13.1 Å². The van der Waals surface area contributed by atoms with Gasteiger partial charge in [-0.1, -0.05) is 18.2 Å². The fourth-order valence-corrected chi connectivity index (χ4v) is 5.00. The lowest BCUT2D eigenvalue weighted by atomic mass is 9.93. The van der Waals surface area contributed by atoms with Crippen LogP contribution in [0.2, 0.25) is 0 Å². The molecule has 152 valence electrons. The molecule has 1 unspecified atom stereocenters. The lowest BCUT2D eigenvalue weighted by Crippen LogP contribution is -2.36. The van der Waals surface area contributed by atoms with Gasteiger partial charge in [0.15, 0.2) is 0 Å². The molecule has 3 heterocycles. The van der Waals surface area contributed by atoms with Gasteiger partial charge in [-0.05, 0) is 56.8 Å². The lowest BCUT2D eigenvalue weighted by Gasteiger charge is -2.29. The summed E-state index contributed by atoms with van der Waals surface area (Å²) in [7, 11) is 0. The molecular weight excluding hydrogens is 360 g/mol. The molecule has 1 N–H and O–H groups in total. The van der Waals surface area contributed by atoms with Crippen LogP contribution in [0.3, 0.4) is 0 Å². The third kappa shape index (κ3) is 3.63. The first-order valence-corrected chi connectivity index (χ1v) is 10.8. The van der Waals surface area contributed by atoms with Crippen LogP contribution in [0.25, 0.3) is 5.69 Å². The average Bonchev–Trinajstić information content (AvgIpc) is 3.12. The van der Waals surface area contributed by atoms with Gasteiger partial charge in [-0.25, -0.2) is 9.97 Å². The molecule has 6 nitrogen and oxygen atoms in total. The van der Waals surface area contributed by atoms with E-state index in [0.717, 1.165) is 44.4 Å². The van der Waals surface area contributed by atoms with Crippen molar-refractivity contribution in [3.63, 3.8) is 0 Å². The van der Waals surface area contributed by atoms with Gasteiger partial charge < -0.3 is 14.5 Å². The smallest absolute Gasteiger partial charge is 0.127 e. The fraction of sp³-hybridized carbons (Fsp3) is 0.478. The number of nitrogens with zero attached hydrogens (tertiary/aromatic N) is 5. The number of aryl methyl sites for hydroxylation is 1. The van der Waals surface area contributed by atoms with Gasteiger partial charge in [0.2, 0.25) is 0 Å². The van der Waals surface area contributed by atoms with Crippen molar-refractivity contribution in [1.82, 2.24) is 29.3 Å². The molecule has 1 aromatic carbocycles. The second-order valence-electron chi connectivity index (χ2n) is 8.42. The Morgan fingerprint density at radius 3 is 2.55 bits per heavy atom. The van der Waals surface area contributed by atoms with E-state index in [0.29, 0.717) is 11.5 Å². The monoisotopic (exact) mass is 390 g/mol. The van der Waals surface area contributed by atoms with Gasteiger partial charge in [-0.2, -0.15) is 0 Å². The van der Waals surface area contributed by atoms with Gasteiger partial charge in [-0.3, -0.25) is 4.90 Å². The van der Waals surface area contributed by atoms with Crippen molar-refractivity contribution in [2.75, 3.05) is 13.1 Å². The highest BCUT2D eigenvalue weighted by Gasteiger charge is 2.56. The average molecular weight is 391 g/mol. The molecule has 0 amide bonds. The van der Waals surface area contributed by atoms with E-state index in [-0.39, 0.29) is 0 Å². The van der Waals surface area contributed by atoms with Crippen LogP contribution in [0.15, 0.2) is 55.1 Å². The van der Waals surface area contributed by atoms with Gasteiger partial charge >= 0.3 is 0 Å². The molecule has 0 bridgehead atoms. The highest BCUT2D eigenvalue weighted by molar-refractivity contribution is 5.32. The Morgan fingerprint density at radius 2 is 1.76 bits per heavy atom. The molecule has 3 aromatic rings. The molecule has 1 saturated heterocycles. The summed E-state index contributed by atoms with van der Waals surface area (Å²) in [5, 5.41) is 3.53. The zero-order valence-corrected chi connectivity index (χ0v) is 17.2. The van der Waals surface area contributed by atoms with E-state index in [1.165, 1.54) is 24.9 Å². The molecule has 1 atom stereocenters. The largest absolute Gasteiger partial charge is 0.334 e. The number of para-hydroxylation sites is 1. The Hall–Kier alpha value is -2.44. The first-order valence-electron chi connectivity index (χ1n) is 10.8. The van der Waals surface area contributed by atoms with Gasteiger partial charge in [-0.15, -0.1) is 0 Å². The minimum atomic E-state index is 0.485. The third-order valence-corrected chi connectivity index (χ3v) is 6.77. The third-order valence-electron chi connectivity index (χ3n) is 6.77. The summed E-state index contributed by atoms with van der Waals surface area (Å²) in [6.45, 7) is 7.16. The molecule has 0 radical (unpaired) electrons. The SMILES string of the molecule is CCn1ccnc1CN(Cc1nccn1-c1ccccc1)C1CC12CCNCC2. The summed E-state index contributed by atoms with van der Waals surface area (Å²) >= 11 is 0. The number of imidazole rings is 2. The Balaban J connectivity index is 1.42. The number of hydrogen-bond donors (Lipinski definition) is 1. The predicted molar refractivity (Wildman–Crippen MR) is 114 cm³/mol. The standard InChI is InChI=1S/C23H30N6/c1-2-27-14-12-25-21(27)17-28(20-16-23(20)8-10-24-11-9-23)18-22-26-13-15-29(22)19-6-4-3-5-7-19/h3-7,12-15,20,24H,2,8-11,16-18H2,1H3. The molecule has 1 saturated carbocycles. The minimum absolute atomic E-state index is 0.485. The van der Waals surface area contributed by atoms with Crippen LogP contribution in [0.4, 0.5) is 0 Å². The summed E-state index contributed by atoms with van der Waals surface area (Å²) in [6, 6.07) is 11.1.